The molecule has 9 rings (SSSR count). The van der Waals surface area contributed by atoms with Gasteiger partial charge in [0.2, 0.25) is 0 Å². The molecule has 0 spiro atoms. The molecule has 1 aliphatic carbocycles. The quantitative estimate of drug-likeness (QED) is 0.195. The van der Waals surface area contributed by atoms with Crippen LogP contribution in [0, 0.1) is 10.8 Å². The molecule has 2 N–H and O–H groups in total. The first kappa shape index (κ1) is 25.7. The Labute approximate surface area is 260 Å². The highest BCUT2D eigenvalue weighted by atomic mass is 15.0. The molecule has 0 saturated carbocycles. The Hall–Kier alpha value is -5.74. The average molecular weight is 579 g/mol. The van der Waals surface area contributed by atoms with E-state index in [1.807, 2.05) is 0 Å². The zero-order valence-electron chi connectivity index (χ0n) is 25.1. The van der Waals surface area contributed by atoms with Gasteiger partial charge in [-0.05, 0) is 64.7 Å². The highest BCUT2D eigenvalue weighted by Gasteiger charge is 2.36. The van der Waals surface area contributed by atoms with Gasteiger partial charge in [0.05, 0.1) is 27.8 Å². The third kappa shape index (κ3) is 3.37. The minimum Gasteiger partial charge on any atom is -0.309 e. The van der Waals surface area contributed by atoms with Crippen molar-refractivity contribution in [2.75, 3.05) is 0 Å². The fourth-order valence-electron chi connectivity index (χ4n) is 7.88. The molecule has 0 fully saturated rings. The maximum Gasteiger partial charge on any atom is 0.0638 e. The molecule has 2 aromatic heterocycles. The predicted molar refractivity (Wildman–Crippen MR) is 188 cm³/mol. The van der Waals surface area contributed by atoms with Crippen LogP contribution in [0.4, 0.5) is 0 Å². The lowest BCUT2D eigenvalue weighted by molar-refractivity contribution is 0.661. The lowest BCUT2D eigenvalue weighted by Gasteiger charge is -2.22. The zero-order chi connectivity index (χ0) is 30.4. The number of hydrogen-bond donors (Lipinski definition) is 2. The van der Waals surface area contributed by atoms with Crippen molar-refractivity contribution >= 4 is 56.0 Å². The number of nitrogens with one attached hydrogen (secondary N) is 2. The first-order valence-electron chi connectivity index (χ1n) is 15.4. The topological polar surface area (TPSA) is 57.6 Å². The summed E-state index contributed by atoms with van der Waals surface area (Å²) in [7, 11) is 0. The van der Waals surface area contributed by atoms with Crippen LogP contribution in [0.1, 0.15) is 36.1 Å². The lowest BCUT2D eigenvalue weighted by atomic mass is 9.82. The molecule has 8 aromatic rings. The van der Waals surface area contributed by atoms with Gasteiger partial charge in [-0.2, -0.15) is 0 Å². The second-order valence-corrected chi connectivity index (χ2v) is 12.6. The van der Waals surface area contributed by atoms with Crippen LogP contribution in [0.5, 0.6) is 0 Å². The van der Waals surface area contributed by atoms with Crippen molar-refractivity contribution in [1.29, 1.82) is 10.8 Å². The standard InChI is InChI=1S/C41H30N4/c1-41(2)34-15-7-3-11-28(34)32-21-33-31-14-6-8-16-36(31)44(39(33)22-35(32)41)27-19-25(23-42)40(26(20-27)24-43)45-37-17-9-4-12-29(37)30-13-5-10-18-38(30)45/h3-24,42-43H,1-2H3. The van der Waals surface area contributed by atoms with Gasteiger partial charge < -0.3 is 20.0 Å². The van der Waals surface area contributed by atoms with Gasteiger partial charge in [-0.3, -0.25) is 0 Å². The highest BCUT2D eigenvalue weighted by Crippen LogP contribution is 2.51. The maximum absolute atomic E-state index is 8.63. The number of para-hydroxylation sites is 3. The van der Waals surface area contributed by atoms with Crippen LogP contribution in [0.2, 0.25) is 0 Å². The van der Waals surface area contributed by atoms with E-state index in [9.17, 15) is 0 Å². The van der Waals surface area contributed by atoms with Crippen molar-refractivity contribution in [2.45, 2.75) is 19.3 Å². The van der Waals surface area contributed by atoms with Gasteiger partial charge in [-0.15, -0.1) is 0 Å². The number of fused-ring (bicyclic) bond motifs is 9. The second kappa shape index (κ2) is 9.13. The first-order valence-corrected chi connectivity index (χ1v) is 15.4. The van der Waals surface area contributed by atoms with E-state index in [0.29, 0.717) is 0 Å². The Kier molecular flexibility index (Phi) is 5.22. The summed E-state index contributed by atoms with van der Waals surface area (Å²) in [5, 5.41) is 22.0. The maximum atomic E-state index is 8.63. The Balaban J connectivity index is 1.36. The van der Waals surface area contributed by atoms with Crippen LogP contribution in [0.15, 0.2) is 121 Å². The van der Waals surface area contributed by atoms with Crippen LogP contribution >= 0.6 is 0 Å². The molecule has 0 saturated heterocycles. The van der Waals surface area contributed by atoms with Crippen LogP contribution in [0.3, 0.4) is 0 Å². The fourth-order valence-corrected chi connectivity index (χ4v) is 7.88. The van der Waals surface area contributed by atoms with Crippen LogP contribution in [-0.4, -0.2) is 21.6 Å². The Morgan fingerprint density at radius 3 is 1.60 bits per heavy atom. The van der Waals surface area contributed by atoms with Gasteiger partial charge in [0.15, 0.2) is 0 Å². The van der Waals surface area contributed by atoms with Crippen LogP contribution in [0.25, 0.3) is 66.1 Å². The zero-order valence-corrected chi connectivity index (χ0v) is 25.1. The van der Waals surface area contributed by atoms with Gasteiger partial charge in [-0.1, -0.05) is 92.7 Å². The van der Waals surface area contributed by atoms with Gasteiger partial charge in [0, 0.05) is 56.2 Å². The third-order valence-corrected chi connectivity index (χ3v) is 9.90. The molecule has 4 nitrogen and oxygen atoms in total. The molecule has 0 amide bonds. The van der Waals surface area contributed by atoms with E-state index in [-0.39, 0.29) is 5.41 Å². The molecule has 0 bridgehead atoms. The smallest absolute Gasteiger partial charge is 0.0638 e. The molecule has 4 heteroatoms. The van der Waals surface area contributed by atoms with Crippen LogP contribution < -0.4 is 0 Å². The Morgan fingerprint density at radius 1 is 0.489 bits per heavy atom. The number of rotatable bonds is 4. The van der Waals surface area contributed by atoms with Gasteiger partial charge >= 0.3 is 0 Å². The summed E-state index contributed by atoms with van der Waals surface area (Å²) in [6, 6.07) is 43.1. The minimum atomic E-state index is -0.123. The van der Waals surface area contributed by atoms with Gasteiger partial charge in [0.1, 0.15) is 0 Å². The molecular weight excluding hydrogens is 548 g/mol. The van der Waals surface area contributed by atoms with E-state index >= 15 is 0 Å². The van der Waals surface area contributed by atoms with Crippen molar-refractivity contribution in [3.63, 3.8) is 0 Å². The first-order chi connectivity index (χ1) is 22.0. The lowest BCUT2D eigenvalue weighted by Crippen LogP contribution is -2.15. The minimum absolute atomic E-state index is 0.123. The average Bonchev–Trinajstić information content (AvgIpc) is 3.67. The highest BCUT2D eigenvalue weighted by molar-refractivity contribution is 6.13. The summed E-state index contributed by atoms with van der Waals surface area (Å²) in [5.41, 5.74) is 12.8. The van der Waals surface area contributed by atoms with Crippen molar-refractivity contribution in [3.05, 3.63) is 144 Å². The van der Waals surface area contributed by atoms with Crippen molar-refractivity contribution in [1.82, 2.24) is 9.13 Å². The fraction of sp³-hybridized carbons (Fsp3) is 0.0732. The molecule has 214 valence electrons. The molecule has 0 radical (unpaired) electrons. The second-order valence-electron chi connectivity index (χ2n) is 12.6. The molecule has 1 aliphatic rings. The molecular formula is C41H30N4. The number of benzene rings is 6. The number of nitrogens with zero attached hydrogens (tertiary/aromatic N) is 2. The van der Waals surface area contributed by atoms with E-state index in [1.54, 1.807) is 0 Å². The van der Waals surface area contributed by atoms with Crippen molar-refractivity contribution in [3.8, 4) is 22.5 Å². The van der Waals surface area contributed by atoms with E-state index in [2.05, 4.69) is 144 Å². The normalized spacial score (nSPS) is 13.5. The van der Waals surface area contributed by atoms with Crippen molar-refractivity contribution in [2.24, 2.45) is 0 Å². The van der Waals surface area contributed by atoms with E-state index in [1.165, 1.54) is 45.5 Å². The summed E-state index contributed by atoms with van der Waals surface area (Å²) < 4.78 is 4.54. The molecule has 6 aromatic carbocycles. The molecule has 45 heavy (non-hydrogen) atoms. The van der Waals surface area contributed by atoms with E-state index in [0.717, 1.165) is 55.3 Å². The molecule has 0 atom stereocenters. The SMILES string of the molecule is CC1(C)c2ccccc2-c2cc3c4ccccc4n(-c4cc(C=N)c(-n5c6ccccc6c6ccccc65)c(C=N)c4)c3cc21. The van der Waals surface area contributed by atoms with Crippen LogP contribution in [-0.2, 0) is 5.41 Å². The third-order valence-electron chi connectivity index (χ3n) is 9.90. The predicted octanol–water partition coefficient (Wildman–Crippen LogP) is 10.2. The molecule has 0 aliphatic heterocycles. The summed E-state index contributed by atoms with van der Waals surface area (Å²) in [5.74, 6) is 0. The summed E-state index contributed by atoms with van der Waals surface area (Å²) in [4.78, 5) is 0. The molecule has 0 unspecified atom stereocenters. The van der Waals surface area contributed by atoms with E-state index in [4.69, 9.17) is 10.8 Å². The number of aromatic nitrogens is 2. The monoisotopic (exact) mass is 578 g/mol. The Bertz CT molecular complexity index is 2480. The Morgan fingerprint density at radius 2 is 1.00 bits per heavy atom. The largest absolute Gasteiger partial charge is 0.309 e. The molecule has 2 heterocycles. The summed E-state index contributed by atoms with van der Waals surface area (Å²) in [6.45, 7) is 4.63. The van der Waals surface area contributed by atoms with Gasteiger partial charge in [0.25, 0.3) is 0 Å². The summed E-state index contributed by atoms with van der Waals surface area (Å²) >= 11 is 0. The summed E-state index contributed by atoms with van der Waals surface area (Å²) in [6.07, 6.45) is 2.86. The van der Waals surface area contributed by atoms with E-state index < -0.39 is 0 Å². The number of hydrogen-bond acceptors (Lipinski definition) is 2. The van der Waals surface area contributed by atoms with Gasteiger partial charge in [-0.25, -0.2) is 0 Å². The van der Waals surface area contributed by atoms with Crippen molar-refractivity contribution < 1.29 is 0 Å².